The van der Waals surface area contributed by atoms with Crippen LogP contribution in [-0.2, 0) is 0 Å². The van der Waals surface area contributed by atoms with Gasteiger partial charge in [0.25, 0.3) is 0 Å². The fraction of sp³-hybridized carbons (Fsp3) is 0.571. The van der Waals surface area contributed by atoms with E-state index in [0.717, 1.165) is 18.0 Å². The first-order valence-corrected chi connectivity index (χ1v) is 7.26. The van der Waals surface area contributed by atoms with Crippen LogP contribution < -0.4 is 11.1 Å². The number of benzene rings is 1. The molecule has 0 aliphatic heterocycles. The van der Waals surface area contributed by atoms with Gasteiger partial charge in [-0.05, 0) is 43.4 Å². The lowest BCUT2D eigenvalue weighted by atomic mass is 10.0. The number of hydrogen-bond acceptors (Lipinski definition) is 2. The molecule has 100 valence electrons. The molecule has 1 aromatic rings. The number of rotatable bonds is 6. The Morgan fingerprint density at radius 3 is 2.44 bits per heavy atom. The lowest BCUT2D eigenvalue weighted by molar-refractivity contribution is 0.423. The van der Waals surface area contributed by atoms with Crippen molar-refractivity contribution in [1.29, 1.82) is 0 Å². The SMILES string of the molecule is CC(CNC(CN)c1c(Cl)cccc1Cl)C1CC1. The van der Waals surface area contributed by atoms with E-state index >= 15 is 0 Å². The van der Waals surface area contributed by atoms with E-state index in [0.29, 0.717) is 22.5 Å². The van der Waals surface area contributed by atoms with Crippen molar-refractivity contribution in [1.82, 2.24) is 5.32 Å². The highest BCUT2D eigenvalue weighted by molar-refractivity contribution is 6.36. The number of halogens is 2. The molecule has 0 saturated heterocycles. The largest absolute Gasteiger partial charge is 0.329 e. The summed E-state index contributed by atoms with van der Waals surface area (Å²) in [6.07, 6.45) is 2.73. The van der Waals surface area contributed by atoms with E-state index in [1.807, 2.05) is 18.2 Å². The Kier molecular flexibility index (Phi) is 4.91. The molecule has 18 heavy (non-hydrogen) atoms. The van der Waals surface area contributed by atoms with E-state index in [2.05, 4.69) is 12.2 Å². The van der Waals surface area contributed by atoms with Crippen LogP contribution in [-0.4, -0.2) is 13.1 Å². The van der Waals surface area contributed by atoms with Crippen molar-refractivity contribution < 1.29 is 0 Å². The van der Waals surface area contributed by atoms with E-state index in [1.54, 1.807) is 0 Å². The fourth-order valence-corrected chi connectivity index (χ4v) is 2.97. The van der Waals surface area contributed by atoms with E-state index in [9.17, 15) is 0 Å². The third kappa shape index (κ3) is 3.39. The average molecular weight is 287 g/mol. The average Bonchev–Trinajstić information content (AvgIpc) is 3.16. The van der Waals surface area contributed by atoms with Crippen LogP contribution in [0.1, 0.15) is 31.4 Å². The molecule has 0 heterocycles. The Bertz CT molecular complexity index is 385. The number of nitrogens with one attached hydrogen (secondary N) is 1. The van der Waals surface area contributed by atoms with Crippen molar-refractivity contribution >= 4 is 23.2 Å². The van der Waals surface area contributed by atoms with E-state index < -0.39 is 0 Å². The van der Waals surface area contributed by atoms with Crippen molar-refractivity contribution in [2.75, 3.05) is 13.1 Å². The van der Waals surface area contributed by atoms with E-state index in [4.69, 9.17) is 28.9 Å². The third-order valence-electron chi connectivity index (χ3n) is 3.70. The molecule has 1 fully saturated rings. The van der Waals surface area contributed by atoms with Crippen LogP contribution in [0.2, 0.25) is 10.0 Å². The smallest absolute Gasteiger partial charge is 0.0474 e. The molecule has 3 N–H and O–H groups in total. The highest BCUT2D eigenvalue weighted by Crippen LogP contribution is 2.36. The minimum atomic E-state index is 0.0346. The van der Waals surface area contributed by atoms with Gasteiger partial charge >= 0.3 is 0 Å². The predicted octanol–water partition coefficient (Wildman–Crippen LogP) is 3.63. The Morgan fingerprint density at radius 2 is 1.94 bits per heavy atom. The molecule has 1 aliphatic rings. The van der Waals surface area contributed by atoms with Crippen molar-refractivity contribution in [2.24, 2.45) is 17.6 Å². The van der Waals surface area contributed by atoms with Crippen LogP contribution in [0.3, 0.4) is 0 Å². The molecular weight excluding hydrogens is 267 g/mol. The van der Waals surface area contributed by atoms with Crippen LogP contribution in [0.4, 0.5) is 0 Å². The van der Waals surface area contributed by atoms with Crippen LogP contribution in [0.15, 0.2) is 18.2 Å². The zero-order valence-electron chi connectivity index (χ0n) is 10.6. The van der Waals surface area contributed by atoms with Gasteiger partial charge in [0.2, 0.25) is 0 Å². The molecular formula is C14H20Cl2N2. The predicted molar refractivity (Wildman–Crippen MR) is 78.1 cm³/mol. The van der Waals surface area contributed by atoms with Gasteiger partial charge in [0.1, 0.15) is 0 Å². The summed E-state index contributed by atoms with van der Waals surface area (Å²) >= 11 is 12.4. The first-order chi connectivity index (χ1) is 8.63. The quantitative estimate of drug-likeness (QED) is 0.838. The molecule has 2 nitrogen and oxygen atoms in total. The summed E-state index contributed by atoms with van der Waals surface area (Å²) in [7, 11) is 0. The molecule has 0 amide bonds. The summed E-state index contributed by atoms with van der Waals surface area (Å²) in [6.45, 7) is 3.75. The van der Waals surface area contributed by atoms with Crippen molar-refractivity contribution in [3.63, 3.8) is 0 Å². The summed E-state index contributed by atoms with van der Waals surface area (Å²) in [6, 6.07) is 5.61. The lowest BCUT2D eigenvalue weighted by Crippen LogP contribution is -2.32. The van der Waals surface area contributed by atoms with Crippen molar-refractivity contribution in [3.05, 3.63) is 33.8 Å². The van der Waals surface area contributed by atoms with Crippen LogP contribution >= 0.6 is 23.2 Å². The maximum atomic E-state index is 6.21. The summed E-state index contributed by atoms with van der Waals surface area (Å²) in [5.41, 5.74) is 6.76. The molecule has 0 aromatic heterocycles. The number of nitrogens with two attached hydrogens (primary N) is 1. The minimum Gasteiger partial charge on any atom is -0.329 e. The maximum Gasteiger partial charge on any atom is 0.0474 e. The van der Waals surface area contributed by atoms with Crippen molar-refractivity contribution in [2.45, 2.75) is 25.8 Å². The van der Waals surface area contributed by atoms with Gasteiger partial charge in [0, 0.05) is 28.2 Å². The second-order valence-corrected chi connectivity index (χ2v) is 5.96. The van der Waals surface area contributed by atoms with Crippen molar-refractivity contribution in [3.8, 4) is 0 Å². The first-order valence-electron chi connectivity index (χ1n) is 6.50. The topological polar surface area (TPSA) is 38.0 Å². The Labute approximate surface area is 119 Å². The highest BCUT2D eigenvalue weighted by atomic mass is 35.5. The molecule has 2 unspecified atom stereocenters. The standard InChI is InChI=1S/C14H20Cl2N2/c1-9(10-5-6-10)8-18-13(7-17)14-11(15)3-2-4-12(14)16/h2-4,9-10,13,18H,5-8,17H2,1H3. The van der Waals surface area contributed by atoms with Gasteiger partial charge in [0.05, 0.1) is 0 Å². The van der Waals surface area contributed by atoms with Gasteiger partial charge in [0.15, 0.2) is 0 Å². The molecule has 0 bridgehead atoms. The second-order valence-electron chi connectivity index (χ2n) is 5.15. The summed E-state index contributed by atoms with van der Waals surface area (Å²) in [5, 5.41) is 4.86. The van der Waals surface area contributed by atoms with Crippen LogP contribution in [0.5, 0.6) is 0 Å². The summed E-state index contributed by atoms with van der Waals surface area (Å²) < 4.78 is 0. The zero-order chi connectivity index (χ0) is 13.1. The van der Waals surface area contributed by atoms with E-state index in [1.165, 1.54) is 12.8 Å². The normalized spacial score (nSPS) is 18.7. The Morgan fingerprint density at radius 1 is 1.33 bits per heavy atom. The van der Waals surface area contributed by atoms with Gasteiger partial charge in [-0.15, -0.1) is 0 Å². The molecule has 1 aliphatic carbocycles. The minimum absolute atomic E-state index is 0.0346. The van der Waals surface area contributed by atoms with Gasteiger partial charge in [-0.1, -0.05) is 36.2 Å². The zero-order valence-corrected chi connectivity index (χ0v) is 12.1. The third-order valence-corrected chi connectivity index (χ3v) is 4.36. The van der Waals surface area contributed by atoms with Gasteiger partial charge in [-0.2, -0.15) is 0 Å². The molecule has 2 rings (SSSR count). The van der Waals surface area contributed by atoms with Crippen LogP contribution in [0, 0.1) is 11.8 Å². The second kappa shape index (κ2) is 6.25. The van der Waals surface area contributed by atoms with Gasteiger partial charge in [-0.3, -0.25) is 0 Å². The first kappa shape index (κ1) is 14.1. The maximum absolute atomic E-state index is 6.21. The summed E-state index contributed by atoms with van der Waals surface area (Å²) in [5.74, 6) is 1.58. The molecule has 1 saturated carbocycles. The lowest BCUT2D eigenvalue weighted by Gasteiger charge is -2.22. The Balaban J connectivity index is 2.02. The molecule has 0 radical (unpaired) electrons. The highest BCUT2D eigenvalue weighted by Gasteiger charge is 2.28. The van der Waals surface area contributed by atoms with Gasteiger partial charge < -0.3 is 11.1 Å². The molecule has 0 spiro atoms. The molecule has 1 aromatic carbocycles. The number of hydrogen-bond donors (Lipinski definition) is 2. The fourth-order valence-electron chi connectivity index (χ4n) is 2.31. The molecule has 4 heteroatoms. The van der Waals surface area contributed by atoms with E-state index in [-0.39, 0.29) is 6.04 Å². The van der Waals surface area contributed by atoms with Gasteiger partial charge in [-0.25, -0.2) is 0 Å². The molecule has 2 atom stereocenters. The van der Waals surface area contributed by atoms with Crippen LogP contribution in [0.25, 0.3) is 0 Å². The summed E-state index contributed by atoms with van der Waals surface area (Å²) in [4.78, 5) is 0. The monoisotopic (exact) mass is 286 g/mol. The Hall–Kier alpha value is -0.280.